The van der Waals surface area contributed by atoms with Crippen LogP contribution in [0.3, 0.4) is 0 Å². The molecule has 0 N–H and O–H groups in total. The molecule has 0 spiro atoms. The van der Waals surface area contributed by atoms with Crippen molar-refractivity contribution in [2.75, 3.05) is 52.3 Å². The van der Waals surface area contributed by atoms with Crippen molar-refractivity contribution in [3.05, 3.63) is 48.0 Å². The first-order chi connectivity index (χ1) is 17.2. The first-order valence-electron chi connectivity index (χ1n) is 12.2. The van der Waals surface area contributed by atoms with Gasteiger partial charge in [0.25, 0.3) is 5.91 Å². The van der Waals surface area contributed by atoms with Crippen LogP contribution < -0.4 is 9.64 Å². The molecule has 0 bridgehead atoms. The fourth-order valence-corrected chi connectivity index (χ4v) is 6.33. The maximum Gasteiger partial charge on any atom is 0.260 e. The number of ether oxygens (including phenoxy) is 1. The number of fused-ring (bicyclic) bond motifs is 1. The maximum absolute atomic E-state index is 13.6. The molecule has 0 aliphatic carbocycles. The van der Waals surface area contributed by atoms with E-state index >= 15 is 0 Å². The molecule has 0 atom stereocenters. The lowest BCUT2D eigenvalue weighted by atomic mass is 10.2. The molecule has 0 unspecified atom stereocenters. The van der Waals surface area contributed by atoms with Crippen LogP contribution in [-0.2, 0) is 10.0 Å². The Morgan fingerprint density at radius 2 is 1.72 bits per heavy atom. The lowest BCUT2D eigenvalue weighted by molar-refractivity contribution is 0.0986. The van der Waals surface area contributed by atoms with Gasteiger partial charge in [-0.25, -0.2) is 13.4 Å². The SMILES string of the molecule is CCCCN(CC)S(=O)(=O)c1ccc(C(=O)N(CCCN(C)C)c2nc3ccc(OC)cc3s2)cc1. The summed E-state index contributed by atoms with van der Waals surface area (Å²) in [5.74, 6) is 0.530. The third-order valence-electron chi connectivity index (χ3n) is 5.90. The van der Waals surface area contributed by atoms with Gasteiger partial charge >= 0.3 is 0 Å². The predicted octanol–water partition coefficient (Wildman–Crippen LogP) is 4.71. The Bertz CT molecular complexity index is 1260. The Kier molecular flexibility index (Phi) is 9.84. The highest BCUT2D eigenvalue weighted by Crippen LogP contribution is 2.32. The number of aromatic nitrogens is 1. The molecule has 1 amide bonds. The summed E-state index contributed by atoms with van der Waals surface area (Å²) in [6, 6.07) is 11.9. The zero-order chi connectivity index (χ0) is 26.3. The van der Waals surface area contributed by atoms with Crippen LogP contribution in [-0.4, -0.2) is 75.9 Å². The maximum atomic E-state index is 13.6. The van der Waals surface area contributed by atoms with Gasteiger partial charge in [0.2, 0.25) is 10.0 Å². The highest BCUT2D eigenvalue weighted by Gasteiger charge is 2.25. The van der Waals surface area contributed by atoms with E-state index in [0.29, 0.717) is 30.3 Å². The zero-order valence-electron chi connectivity index (χ0n) is 21.7. The van der Waals surface area contributed by atoms with Crippen LogP contribution in [0.15, 0.2) is 47.4 Å². The monoisotopic (exact) mass is 532 g/mol. The van der Waals surface area contributed by atoms with E-state index in [1.165, 1.54) is 27.8 Å². The lowest BCUT2D eigenvalue weighted by Crippen LogP contribution is -2.34. The van der Waals surface area contributed by atoms with Gasteiger partial charge in [-0.3, -0.25) is 9.69 Å². The van der Waals surface area contributed by atoms with Gasteiger partial charge in [-0.05, 0) is 75.9 Å². The van der Waals surface area contributed by atoms with E-state index in [-0.39, 0.29) is 10.8 Å². The Labute approximate surface area is 218 Å². The summed E-state index contributed by atoms with van der Waals surface area (Å²) in [5, 5.41) is 0.607. The van der Waals surface area contributed by atoms with Crippen LogP contribution in [0, 0.1) is 0 Å². The largest absolute Gasteiger partial charge is 0.497 e. The highest BCUT2D eigenvalue weighted by atomic mass is 32.2. The number of anilines is 1. The number of unbranched alkanes of at least 4 members (excludes halogenated alkanes) is 1. The molecule has 196 valence electrons. The number of hydrogen-bond donors (Lipinski definition) is 0. The molecule has 8 nitrogen and oxygen atoms in total. The molecule has 0 aliphatic heterocycles. The number of amides is 1. The molecule has 10 heteroatoms. The number of methoxy groups -OCH3 is 1. The second kappa shape index (κ2) is 12.6. The summed E-state index contributed by atoms with van der Waals surface area (Å²) in [6.45, 7) is 6.08. The van der Waals surface area contributed by atoms with Gasteiger partial charge < -0.3 is 9.64 Å². The second-order valence-electron chi connectivity index (χ2n) is 8.82. The Morgan fingerprint density at radius 1 is 1.00 bits per heavy atom. The van der Waals surface area contributed by atoms with Crippen molar-refractivity contribution in [3.63, 3.8) is 0 Å². The fraction of sp³-hybridized carbons (Fsp3) is 0.462. The first kappa shape index (κ1) is 28.0. The zero-order valence-corrected chi connectivity index (χ0v) is 23.4. The molecule has 0 saturated carbocycles. The van der Waals surface area contributed by atoms with E-state index in [1.54, 1.807) is 24.1 Å². The van der Waals surface area contributed by atoms with Crippen molar-refractivity contribution in [1.29, 1.82) is 0 Å². The Balaban J connectivity index is 1.89. The van der Waals surface area contributed by atoms with Crippen molar-refractivity contribution < 1.29 is 17.9 Å². The summed E-state index contributed by atoms with van der Waals surface area (Å²) in [5.41, 5.74) is 1.22. The normalized spacial score (nSPS) is 12.0. The molecular formula is C26H36N4O4S2. The molecule has 0 aliphatic rings. The minimum absolute atomic E-state index is 0.197. The summed E-state index contributed by atoms with van der Waals surface area (Å²) in [6.07, 6.45) is 2.49. The molecule has 3 rings (SSSR count). The second-order valence-corrected chi connectivity index (χ2v) is 11.8. The van der Waals surface area contributed by atoms with E-state index in [2.05, 4.69) is 4.90 Å². The summed E-state index contributed by atoms with van der Waals surface area (Å²) in [4.78, 5) is 22.3. The fourth-order valence-electron chi connectivity index (χ4n) is 3.82. The van der Waals surface area contributed by atoms with Gasteiger partial charge in [-0.15, -0.1) is 0 Å². The summed E-state index contributed by atoms with van der Waals surface area (Å²) in [7, 11) is 2.00. The van der Waals surface area contributed by atoms with E-state index in [0.717, 1.165) is 41.8 Å². The third kappa shape index (κ3) is 6.61. The van der Waals surface area contributed by atoms with Crippen molar-refractivity contribution in [2.45, 2.75) is 38.0 Å². The highest BCUT2D eigenvalue weighted by molar-refractivity contribution is 7.89. The number of benzene rings is 2. The number of carbonyl (C=O) groups is 1. The first-order valence-corrected chi connectivity index (χ1v) is 14.5. The Hall–Kier alpha value is -2.53. The molecular weight excluding hydrogens is 496 g/mol. The number of thiazole rings is 1. The third-order valence-corrected chi connectivity index (χ3v) is 8.93. The van der Waals surface area contributed by atoms with E-state index < -0.39 is 10.0 Å². The molecule has 36 heavy (non-hydrogen) atoms. The van der Waals surface area contributed by atoms with Gasteiger partial charge in [0, 0.05) is 25.2 Å². The summed E-state index contributed by atoms with van der Waals surface area (Å²) < 4.78 is 33.9. The molecule has 0 fully saturated rings. The molecule has 1 aromatic heterocycles. The van der Waals surface area contributed by atoms with Gasteiger partial charge in [-0.2, -0.15) is 4.31 Å². The topological polar surface area (TPSA) is 83.1 Å². The molecule has 0 saturated heterocycles. The molecule has 3 aromatic rings. The van der Waals surface area contributed by atoms with Crippen LogP contribution in [0.5, 0.6) is 5.75 Å². The van der Waals surface area contributed by atoms with Gasteiger partial charge in [0.15, 0.2) is 5.13 Å². The quantitative estimate of drug-likeness (QED) is 0.317. The van der Waals surface area contributed by atoms with Crippen LogP contribution >= 0.6 is 11.3 Å². The minimum atomic E-state index is -3.61. The van der Waals surface area contributed by atoms with Crippen LogP contribution in [0.2, 0.25) is 0 Å². The predicted molar refractivity (Wildman–Crippen MR) is 147 cm³/mol. The lowest BCUT2D eigenvalue weighted by Gasteiger charge is -2.22. The van der Waals surface area contributed by atoms with Crippen LogP contribution in [0.25, 0.3) is 10.2 Å². The van der Waals surface area contributed by atoms with Gasteiger partial charge in [-0.1, -0.05) is 31.6 Å². The van der Waals surface area contributed by atoms with Crippen molar-refractivity contribution in [3.8, 4) is 5.75 Å². The summed E-state index contributed by atoms with van der Waals surface area (Å²) >= 11 is 1.44. The van der Waals surface area contributed by atoms with E-state index in [4.69, 9.17) is 9.72 Å². The van der Waals surface area contributed by atoms with Crippen LogP contribution in [0.1, 0.15) is 43.5 Å². The van der Waals surface area contributed by atoms with E-state index in [9.17, 15) is 13.2 Å². The number of hydrogen-bond acceptors (Lipinski definition) is 7. The molecule has 1 heterocycles. The standard InChI is InChI=1S/C26H36N4O4S2/c1-6-8-17-29(7-2)36(32,33)22-13-10-20(11-14-22)25(31)30(18-9-16-28(3)4)26-27-23-15-12-21(34-5)19-24(23)35-26/h10-15,19H,6-9,16-18H2,1-5H3. The van der Waals surface area contributed by atoms with Gasteiger partial charge in [0.05, 0.1) is 22.2 Å². The number of sulfonamides is 1. The number of nitrogens with zero attached hydrogens (tertiary/aromatic N) is 4. The number of rotatable bonds is 13. The average molecular weight is 533 g/mol. The minimum Gasteiger partial charge on any atom is -0.497 e. The van der Waals surface area contributed by atoms with Crippen molar-refractivity contribution in [1.82, 2.24) is 14.2 Å². The molecule has 0 radical (unpaired) electrons. The van der Waals surface area contributed by atoms with Gasteiger partial charge in [0.1, 0.15) is 5.75 Å². The van der Waals surface area contributed by atoms with E-state index in [1.807, 2.05) is 46.1 Å². The smallest absolute Gasteiger partial charge is 0.260 e. The Morgan fingerprint density at radius 3 is 2.33 bits per heavy atom. The van der Waals surface area contributed by atoms with Crippen molar-refractivity contribution >= 4 is 42.6 Å². The molecule has 2 aromatic carbocycles. The number of carbonyl (C=O) groups excluding carboxylic acids is 1. The van der Waals surface area contributed by atoms with Crippen molar-refractivity contribution in [2.24, 2.45) is 0 Å². The average Bonchev–Trinajstić information content (AvgIpc) is 3.29. The van der Waals surface area contributed by atoms with Crippen LogP contribution in [0.4, 0.5) is 5.13 Å².